The smallest absolute Gasteiger partial charge is 0.328 e. The number of hydrogen-bond acceptors (Lipinski definition) is 2. The number of carboxylic acid groups (broad SMARTS) is 1. The summed E-state index contributed by atoms with van der Waals surface area (Å²) in [5, 5.41) is 8.95. The molecule has 4 aromatic rings. The van der Waals surface area contributed by atoms with Crippen molar-refractivity contribution in [3.05, 3.63) is 119 Å². The average molecular weight is 476 g/mol. The lowest BCUT2D eigenvalue weighted by Gasteiger charge is -2.29. The molecule has 0 heterocycles. The Bertz CT molecular complexity index is 1340. The predicted octanol–water partition coefficient (Wildman–Crippen LogP) is 8.80. The van der Waals surface area contributed by atoms with E-state index >= 15 is 0 Å². The molecule has 3 nitrogen and oxygen atoms in total. The molecule has 0 aromatic heterocycles. The molecule has 0 saturated heterocycles. The maximum Gasteiger partial charge on any atom is 0.328 e. The first-order chi connectivity index (χ1) is 17.4. The van der Waals surface area contributed by atoms with Crippen molar-refractivity contribution in [2.24, 2.45) is 0 Å². The van der Waals surface area contributed by atoms with Gasteiger partial charge in [-0.25, -0.2) is 4.79 Å². The molecule has 0 amide bonds. The van der Waals surface area contributed by atoms with E-state index in [0.717, 1.165) is 41.5 Å². The molecule has 0 aliphatic carbocycles. The second kappa shape index (κ2) is 11.1. The number of hydrogen-bond donors (Lipinski definition) is 1. The van der Waals surface area contributed by atoms with Gasteiger partial charge in [0.05, 0.1) is 5.69 Å². The van der Waals surface area contributed by atoms with Crippen molar-refractivity contribution in [1.29, 1.82) is 0 Å². The fraction of sp³-hybridized carbons (Fsp3) is 0.182. The summed E-state index contributed by atoms with van der Waals surface area (Å²) in [6, 6.07) is 30.0. The van der Waals surface area contributed by atoms with Crippen LogP contribution in [0.1, 0.15) is 41.2 Å². The summed E-state index contributed by atoms with van der Waals surface area (Å²) in [7, 11) is 0. The lowest BCUT2D eigenvalue weighted by atomic mass is 10.00. The standard InChI is InChI=1S/C33H33NO2/c1-5-6-26-7-12-28(13-8-26)29-14-18-31(19-15-29)34(33-24(3)21-23(2)22-25(33)4)30-16-9-27(10-17-30)11-20-32(35)36/h7-22H,5-6H2,1-4H3,(H,35,36). The van der Waals surface area contributed by atoms with Gasteiger partial charge in [0.2, 0.25) is 0 Å². The molecular formula is C33H33NO2. The van der Waals surface area contributed by atoms with Crippen LogP contribution in [-0.4, -0.2) is 11.1 Å². The van der Waals surface area contributed by atoms with E-state index in [1.54, 1.807) is 6.08 Å². The maximum atomic E-state index is 10.9. The topological polar surface area (TPSA) is 40.5 Å². The van der Waals surface area contributed by atoms with E-state index in [2.05, 4.69) is 93.3 Å². The van der Waals surface area contributed by atoms with Gasteiger partial charge in [-0.2, -0.15) is 0 Å². The lowest BCUT2D eigenvalue weighted by molar-refractivity contribution is -0.131. The summed E-state index contributed by atoms with van der Waals surface area (Å²) in [5.74, 6) is -0.952. The van der Waals surface area contributed by atoms with Gasteiger partial charge in [0.1, 0.15) is 0 Å². The highest BCUT2D eigenvalue weighted by atomic mass is 16.4. The average Bonchev–Trinajstić information content (AvgIpc) is 2.86. The van der Waals surface area contributed by atoms with E-state index in [9.17, 15) is 4.79 Å². The fourth-order valence-corrected chi connectivity index (χ4v) is 4.79. The summed E-state index contributed by atoms with van der Waals surface area (Å²) in [6.07, 6.45) is 5.03. The van der Waals surface area contributed by atoms with Gasteiger partial charge in [-0.05, 0) is 90.9 Å². The van der Waals surface area contributed by atoms with Crippen LogP contribution in [0, 0.1) is 20.8 Å². The molecule has 182 valence electrons. The molecule has 0 aliphatic rings. The van der Waals surface area contributed by atoms with E-state index in [4.69, 9.17) is 5.11 Å². The van der Waals surface area contributed by atoms with Crippen LogP contribution in [0.2, 0.25) is 0 Å². The maximum absolute atomic E-state index is 10.9. The largest absolute Gasteiger partial charge is 0.478 e. The van der Waals surface area contributed by atoms with Crippen LogP contribution in [0.15, 0.2) is 91.0 Å². The van der Waals surface area contributed by atoms with E-state index in [-0.39, 0.29) is 0 Å². The molecule has 1 N–H and O–H groups in total. The number of rotatable bonds is 8. The molecule has 0 saturated carbocycles. The molecule has 0 radical (unpaired) electrons. The van der Waals surface area contributed by atoms with Crippen LogP contribution < -0.4 is 4.90 Å². The monoisotopic (exact) mass is 475 g/mol. The Balaban J connectivity index is 1.74. The molecule has 0 fully saturated rings. The van der Waals surface area contributed by atoms with Crippen LogP contribution in [0.5, 0.6) is 0 Å². The van der Waals surface area contributed by atoms with Crippen molar-refractivity contribution in [2.75, 3.05) is 4.90 Å². The van der Waals surface area contributed by atoms with Crippen molar-refractivity contribution in [2.45, 2.75) is 40.5 Å². The molecule has 0 spiro atoms. The third-order valence-corrected chi connectivity index (χ3v) is 6.38. The van der Waals surface area contributed by atoms with Crippen molar-refractivity contribution >= 4 is 29.1 Å². The van der Waals surface area contributed by atoms with Crippen molar-refractivity contribution in [1.82, 2.24) is 0 Å². The van der Waals surface area contributed by atoms with Gasteiger partial charge in [0.25, 0.3) is 0 Å². The van der Waals surface area contributed by atoms with E-state index < -0.39 is 5.97 Å². The van der Waals surface area contributed by atoms with Crippen molar-refractivity contribution in [3.63, 3.8) is 0 Å². The van der Waals surface area contributed by atoms with Gasteiger partial charge in [0, 0.05) is 17.5 Å². The second-order valence-corrected chi connectivity index (χ2v) is 9.34. The van der Waals surface area contributed by atoms with Gasteiger partial charge >= 0.3 is 5.97 Å². The number of anilines is 3. The van der Waals surface area contributed by atoms with Crippen molar-refractivity contribution in [3.8, 4) is 11.1 Å². The third kappa shape index (κ3) is 5.75. The lowest BCUT2D eigenvalue weighted by Crippen LogP contribution is -2.13. The highest BCUT2D eigenvalue weighted by molar-refractivity contribution is 5.86. The molecule has 0 unspecified atom stereocenters. The Morgan fingerprint density at radius 2 is 1.28 bits per heavy atom. The first-order valence-corrected chi connectivity index (χ1v) is 12.4. The second-order valence-electron chi connectivity index (χ2n) is 9.34. The Morgan fingerprint density at radius 3 is 1.78 bits per heavy atom. The molecule has 0 bridgehead atoms. The van der Waals surface area contributed by atoms with E-state index in [0.29, 0.717) is 0 Å². The molecular weight excluding hydrogens is 442 g/mol. The molecule has 36 heavy (non-hydrogen) atoms. The van der Waals surface area contributed by atoms with E-state index in [1.165, 1.54) is 33.4 Å². The van der Waals surface area contributed by atoms with E-state index in [1.807, 2.05) is 24.3 Å². The Morgan fingerprint density at radius 1 is 0.778 bits per heavy atom. The van der Waals surface area contributed by atoms with Crippen molar-refractivity contribution < 1.29 is 9.90 Å². The Hall–Kier alpha value is -4.11. The zero-order valence-electron chi connectivity index (χ0n) is 21.5. The summed E-state index contributed by atoms with van der Waals surface area (Å²) in [5.41, 5.74) is 11.5. The minimum Gasteiger partial charge on any atom is -0.478 e. The molecule has 0 atom stereocenters. The summed E-state index contributed by atoms with van der Waals surface area (Å²) in [4.78, 5) is 13.2. The molecule has 4 rings (SSSR count). The molecule has 3 heteroatoms. The highest BCUT2D eigenvalue weighted by Gasteiger charge is 2.17. The van der Waals surface area contributed by atoms with Crippen LogP contribution in [0.4, 0.5) is 17.1 Å². The minimum atomic E-state index is -0.952. The minimum absolute atomic E-state index is 0.848. The van der Waals surface area contributed by atoms with Crippen LogP contribution in [0.25, 0.3) is 17.2 Å². The van der Waals surface area contributed by atoms with Gasteiger partial charge in [-0.1, -0.05) is 79.6 Å². The fourth-order valence-electron chi connectivity index (χ4n) is 4.79. The number of nitrogens with zero attached hydrogens (tertiary/aromatic N) is 1. The zero-order chi connectivity index (χ0) is 25.7. The Kier molecular flexibility index (Phi) is 7.70. The highest BCUT2D eigenvalue weighted by Crippen LogP contribution is 2.40. The van der Waals surface area contributed by atoms with Crippen LogP contribution in [-0.2, 0) is 11.2 Å². The van der Waals surface area contributed by atoms with Gasteiger partial charge in [-0.15, -0.1) is 0 Å². The van der Waals surface area contributed by atoms with Crippen LogP contribution in [0.3, 0.4) is 0 Å². The quantitative estimate of drug-likeness (QED) is 0.259. The molecule has 4 aromatic carbocycles. The number of benzene rings is 4. The normalized spacial score (nSPS) is 11.1. The first kappa shape index (κ1) is 25.0. The summed E-state index contributed by atoms with van der Waals surface area (Å²) >= 11 is 0. The number of aryl methyl sites for hydroxylation is 4. The number of aliphatic carboxylic acids is 1. The summed E-state index contributed by atoms with van der Waals surface area (Å²) in [6.45, 7) is 8.63. The first-order valence-electron chi connectivity index (χ1n) is 12.4. The van der Waals surface area contributed by atoms with Gasteiger partial charge in [0.15, 0.2) is 0 Å². The number of carbonyl (C=O) groups is 1. The molecule has 0 aliphatic heterocycles. The third-order valence-electron chi connectivity index (χ3n) is 6.38. The SMILES string of the molecule is CCCc1ccc(-c2ccc(N(c3ccc(C=CC(=O)O)cc3)c3c(C)cc(C)cc3C)cc2)cc1. The predicted molar refractivity (Wildman–Crippen MR) is 151 cm³/mol. The van der Waals surface area contributed by atoms with Crippen LogP contribution >= 0.6 is 0 Å². The number of carboxylic acids is 1. The van der Waals surface area contributed by atoms with Gasteiger partial charge in [-0.3, -0.25) is 0 Å². The summed E-state index contributed by atoms with van der Waals surface area (Å²) < 4.78 is 0. The zero-order valence-corrected chi connectivity index (χ0v) is 21.5. The Labute approximate surface area is 214 Å². The van der Waals surface area contributed by atoms with Gasteiger partial charge < -0.3 is 10.0 Å².